The van der Waals surface area contributed by atoms with Crippen LogP contribution in [0.3, 0.4) is 0 Å². The lowest BCUT2D eigenvalue weighted by molar-refractivity contribution is -0.130. The number of likely N-dealkylation sites (tertiary alicyclic amines) is 1. The summed E-state index contributed by atoms with van der Waals surface area (Å²) < 4.78 is 0. The molecule has 2 N–H and O–H groups in total. The third-order valence-corrected chi connectivity index (χ3v) is 3.99. The number of carbonyl (C=O) groups excluding carboxylic acids is 1. The molecule has 1 saturated heterocycles. The van der Waals surface area contributed by atoms with Crippen LogP contribution >= 0.6 is 0 Å². The van der Waals surface area contributed by atoms with Crippen LogP contribution in [-0.4, -0.2) is 49.0 Å². The highest BCUT2D eigenvalue weighted by Gasteiger charge is 2.16. The van der Waals surface area contributed by atoms with Crippen molar-refractivity contribution in [1.82, 2.24) is 15.5 Å². The molecule has 22 heavy (non-hydrogen) atoms. The summed E-state index contributed by atoms with van der Waals surface area (Å²) in [4.78, 5) is 18.6. The van der Waals surface area contributed by atoms with Crippen molar-refractivity contribution in [3.05, 3.63) is 0 Å². The Morgan fingerprint density at radius 3 is 2.41 bits per heavy atom. The molecular formula is C17H34N4O. The van der Waals surface area contributed by atoms with Crippen LogP contribution in [0.1, 0.15) is 59.8 Å². The molecule has 5 nitrogen and oxygen atoms in total. The van der Waals surface area contributed by atoms with Crippen molar-refractivity contribution < 1.29 is 4.79 Å². The van der Waals surface area contributed by atoms with E-state index in [1.807, 2.05) is 11.8 Å². The lowest BCUT2D eigenvalue weighted by Crippen LogP contribution is -2.43. The Hall–Kier alpha value is -1.26. The molecule has 0 bridgehead atoms. The number of hydrogen-bond acceptors (Lipinski definition) is 2. The Kier molecular flexibility index (Phi) is 8.94. The van der Waals surface area contributed by atoms with Crippen LogP contribution in [-0.2, 0) is 4.79 Å². The quantitative estimate of drug-likeness (QED) is 0.561. The summed E-state index contributed by atoms with van der Waals surface area (Å²) in [7, 11) is 0. The molecule has 1 heterocycles. The molecule has 1 atom stereocenters. The second kappa shape index (κ2) is 10.5. The topological polar surface area (TPSA) is 56.7 Å². The maximum absolute atomic E-state index is 12.2. The number of guanidine groups is 1. The zero-order chi connectivity index (χ0) is 16.4. The molecule has 128 valence electrons. The molecule has 1 amide bonds. The number of amides is 1. The van der Waals surface area contributed by atoms with Gasteiger partial charge >= 0.3 is 0 Å². The van der Waals surface area contributed by atoms with E-state index in [1.54, 1.807) is 0 Å². The molecule has 0 aliphatic carbocycles. The summed E-state index contributed by atoms with van der Waals surface area (Å²) >= 11 is 0. The molecule has 1 rings (SSSR count). The monoisotopic (exact) mass is 310 g/mol. The van der Waals surface area contributed by atoms with Gasteiger partial charge in [-0.2, -0.15) is 0 Å². The first-order valence-electron chi connectivity index (χ1n) is 8.85. The summed E-state index contributed by atoms with van der Waals surface area (Å²) in [5.41, 5.74) is 0. The number of hydrogen-bond donors (Lipinski definition) is 2. The van der Waals surface area contributed by atoms with Crippen LogP contribution < -0.4 is 10.6 Å². The molecule has 0 aromatic rings. The minimum Gasteiger partial charge on any atom is -0.357 e. The number of rotatable bonds is 7. The zero-order valence-electron chi connectivity index (χ0n) is 14.8. The number of carbonyl (C=O) groups is 1. The summed E-state index contributed by atoms with van der Waals surface area (Å²) in [5, 5.41) is 6.63. The minimum absolute atomic E-state index is 0.145. The molecule has 1 aliphatic heterocycles. The average Bonchev–Trinajstić information content (AvgIpc) is 2.51. The van der Waals surface area contributed by atoms with Gasteiger partial charge in [-0.3, -0.25) is 4.79 Å². The van der Waals surface area contributed by atoms with E-state index in [9.17, 15) is 4.79 Å². The van der Waals surface area contributed by atoms with Gasteiger partial charge in [-0.1, -0.05) is 13.8 Å². The fraction of sp³-hybridized carbons (Fsp3) is 0.882. The highest BCUT2D eigenvalue weighted by atomic mass is 16.2. The van der Waals surface area contributed by atoms with E-state index in [0.29, 0.717) is 12.0 Å². The molecule has 0 aromatic heterocycles. The van der Waals surface area contributed by atoms with E-state index in [2.05, 4.69) is 36.4 Å². The molecule has 1 unspecified atom stereocenters. The highest BCUT2D eigenvalue weighted by Crippen LogP contribution is 2.09. The van der Waals surface area contributed by atoms with Gasteiger partial charge in [-0.15, -0.1) is 0 Å². The predicted molar refractivity (Wildman–Crippen MR) is 93.1 cm³/mol. The third kappa shape index (κ3) is 7.66. The van der Waals surface area contributed by atoms with Crippen LogP contribution in [0, 0.1) is 5.92 Å². The van der Waals surface area contributed by atoms with Crippen LogP contribution in [0.2, 0.25) is 0 Å². The van der Waals surface area contributed by atoms with Gasteiger partial charge in [-0.05, 0) is 51.9 Å². The molecule has 0 saturated carbocycles. The Balaban J connectivity index is 2.44. The normalized spacial score (nSPS) is 17.5. The molecule has 0 spiro atoms. The average molecular weight is 310 g/mol. The lowest BCUT2D eigenvalue weighted by Gasteiger charge is -2.26. The highest BCUT2D eigenvalue weighted by molar-refractivity contribution is 5.85. The Morgan fingerprint density at radius 2 is 1.82 bits per heavy atom. The lowest BCUT2D eigenvalue weighted by atomic mass is 10.0. The van der Waals surface area contributed by atoms with Gasteiger partial charge in [0.15, 0.2) is 5.96 Å². The van der Waals surface area contributed by atoms with Gasteiger partial charge in [0, 0.05) is 25.7 Å². The number of nitrogens with one attached hydrogen (secondary N) is 2. The van der Waals surface area contributed by atoms with Crippen molar-refractivity contribution in [2.45, 2.75) is 65.8 Å². The molecule has 0 radical (unpaired) electrons. The fourth-order valence-corrected chi connectivity index (χ4v) is 2.60. The SMILES string of the molecule is CCNC(=NCC(=O)N1CCCCC1)NC(C)CCC(C)C. The van der Waals surface area contributed by atoms with E-state index < -0.39 is 0 Å². The zero-order valence-corrected chi connectivity index (χ0v) is 14.8. The largest absolute Gasteiger partial charge is 0.357 e. The maximum atomic E-state index is 12.2. The standard InChI is InChI=1S/C17H34N4O/c1-5-18-17(20-15(4)10-9-14(2)3)19-13-16(22)21-11-7-6-8-12-21/h14-15H,5-13H2,1-4H3,(H2,18,19,20). The maximum Gasteiger partial charge on any atom is 0.244 e. The first kappa shape index (κ1) is 18.8. The predicted octanol–water partition coefficient (Wildman–Crippen LogP) is 2.38. The summed E-state index contributed by atoms with van der Waals surface area (Å²) in [6.45, 7) is 11.5. The minimum atomic E-state index is 0.145. The van der Waals surface area contributed by atoms with E-state index in [4.69, 9.17) is 0 Å². The van der Waals surface area contributed by atoms with Crippen molar-refractivity contribution in [3.63, 3.8) is 0 Å². The van der Waals surface area contributed by atoms with Crippen LogP contribution in [0.25, 0.3) is 0 Å². The smallest absolute Gasteiger partial charge is 0.244 e. The Labute approximate surface area is 135 Å². The second-order valence-electron chi connectivity index (χ2n) is 6.65. The summed E-state index contributed by atoms with van der Waals surface area (Å²) in [6, 6.07) is 0.366. The van der Waals surface area contributed by atoms with Gasteiger partial charge in [-0.25, -0.2) is 4.99 Å². The molecular weight excluding hydrogens is 276 g/mol. The van der Waals surface area contributed by atoms with Gasteiger partial charge < -0.3 is 15.5 Å². The second-order valence-corrected chi connectivity index (χ2v) is 6.65. The molecule has 0 aromatic carbocycles. The Bertz CT molecular complexity index is 349. The van der Waals surface area contributed by atoms with Crippen molar-refractivity contribution in [2.75, 3.05) is 26.2 Å². The van der Waals surface area contributed by atoms with Crippen molar-refractivity contribution in [1.29, 1.82) is 0 Å². The van der Waals surface area contributed by atoms with Crippen LogP contribution in [0.5, 0.6) is 0 Å². The number of aliphatic imine (C=N–C) groups is 1. The van der Waals surface area contributed by atoms with Crippen LogP contribution in [0.4, 0.5) is 0 Å². The summed E-state index contributed by atoms with van der Waals surface area (Å²) in [6.07, 6.45) is 5.80. The number of nitrogens with zero attached hydrogens (tertiary/aromatic N) is 2. The van der Waals surface area contributed by atoms with E-state index >= 15 is 0 Å². The van der Waals surface area contributed by atoms with Crippen LogP contribution in [0.15, 0.2) is 4.99 Å². The van der Waals surface area contributed by atoms with Gasteiger partial charge in [0.1, 0.15) is 6.54 Å². The van der Waals surface area contributed by atoms with Gasteiger partial charge in [0.05, 0.1) is 0 Å². The fourth-order valence-electron chi connectivity index (χ4n) is 2.60. The van der Waals surface area contributed by atoms with E-state index in [-0.39, 0.29) is 12.5 Å². The van der Waals surface area contributed by atoms with E-state index in [1.165, 1.54) is 12.8 Å². The third-order valence-electron chi connectivity index (χ3n) is 3.99. The molecule has 5 heteroatoms. The van der Waals surface area contributed by atoms with Gasteiger partial charge in [0.25, 0.3) is 0 Å². The molecule has 1 fully saturated rings. The Morgan fingerprint density at radius 1 is 1.14 bits per heavy atom. The van der Waals surface area contributed by atoms with E-state index in [0.717, 1.165) is 44.9 Å². The van der Waals surface area contributed by atoms with Crippen molar-refractivity contribution in [3.8, 4) is 0 Å². The van der Waals surface area contributed by atoms with Gasteiger partial charge in [0.2, 0.25) is 5.91 Å². The summed E-state index contributed by atoms with van der Waals surface area (Å²) in [5.74, 6) is 1.61. The number of piperidine rings is 1. The molecule has 1 aliphatic rings. The first-order chi connectivity index (χ1) is 10.5. The van der Waals surface area contributed by atoms with Crippen molar-refractivity contribution in [2.24, 2.45) is 10.9 Å². The van der Waals surface area contributed by atoms with Crippen molar-refractivity contribution >= 4 is 11.9 Å². The first-order valence-corrected chi connectivity index (χ1v) is 8.85.